The number of aryl methyl sites for hydroxylation is 1. The molecule has 1 aliphatic rings. The fraction of sp³-hybridized carbons (Fsp3) is 0.440. The van der Waals surface area contributed by atoms with E-state index in [4.69, 9.17) is 0 Å². The van der Waals surface area contributed by atoms with Crippen molar-refractivity contribution in [3.8, 4) is 11.1 Å². The highest BCUT2D eigenvalue weighted by Gasteiger charge is 2.23. The van der Waals surface area contributed by atoms with Crippen LogP contribution >= 0.6 is 0 Å². The van der Waals surface area contributed by atoms with E-state index in [2.05, 4.69) is 56.3 Å². The summed E-state index contributed by atoms with van der Waals surface area (Å²) in [4.78, 5) is 0. The number of hydrogen-bond acceptors (Lipinski definition) is 0. The molecule has 3 rings (SSSR count). The fourth-order valence-corrected chi connectivity index (χ4v) is 4.20. The van der Waals surface area contributed by atoms with Crippen LogP contribution in [0.3, 0.4) is 0 Å². The Balaban J connectivity index is 1.69. The summed E-state index contributed by atoms with van der Waals surface area (Å²) in [6.45, 7) is 4.32. The summed E-state index contributed by atoms with van der Waals surface area (Å²) in [5, 5.41) is 0. The summed E-state index contributed by atoms with van der Waals surface area (Å²) in [5.74, 6) is 1.22. The van der Waals surface area contributed by atoms with Crippen LogP contribution in [0.25, 0.3) is 11.1 Å². The summed E-state index contributed by atoms with van der Waals surface area (Å²) >= 11 is 0. The van der Waals surface area contributed by atoms with E-state index in [1.54, 1.807) is 6.07 Å². The maximum atomic E-state index is 14.8. The molecule has 1 heteroatoms. The molecule has 138 valence electrons. The van der Waals surface area contributed by atoms with Gasteiger partial charge in [0.1, 0.15) is 5.82 Å². The average Bonchev–Trinajstić information content (AvgIpc) is 2.69. The van der Waals surface area contributed by atoms with E-state index in [1.165, 1.54) is 24.8 Å². The molecule has 2 aromatic carbocycles. The minimum Gasteiger partial charge on any atom is -0.207 e. The third kappa shape index (κ3) is 4.63. The van der Waals surface area contributed by atoms with Gasteiger partial charge in [-0.2, -0.15) is 0 Å². The van der Waals surface area contributed by atoms with Gasteiger partial charge in [0.05, 0.1) is 0 Å². The Bertz CT molecular complexity index is 718. The number of rotatable bonds is 6. The summed E-state index contributed by atoms with van der Waals surface area (Å²) in [7, 11) is 0. The molecule has 0 heterocycles. The fourth-order valence-electron chi connectivity index (χ4n) is 4.20. The van der Waals surface area contributed by atoms with Crippen LogP contribution < -0.4 is 0 Å². The lowest BCUT2D eigenvalue weighted by molar-refractivity contribution is 0.314. The maximum absolute atomic E-state index is 14.8. The van der Waals surface area contributed by atoms with Crippen molar-refractivity contribution in [2.75, 3.05) is 0 Å². The Hall–Kier alpha value is -1.89. The van der Waals surface area contributed by atoms with Gasteiger partial charge in [0.25, 0.3) is 0 Å². The Labute approximate surface area is 158 Å². The van der Waals surface area contributed by atoms with Gasteiger partial charge in [-0.25, -0.2) is 4.39 Å². The first kappa shape index (κ1) is 18.9. The molecule has 26 heavy (non-hydrogen) atoms. The topological polar surface area (TPSA) is 0 Å². The smallest absolute Gasteiger partial charge is 0.127 e. The SMILES string of the molecule is C/C=C/CCc1ccc(-c2ccc(C3CCC(CC)CC3)c(F)c2)cc1. The Morgan fingerprint density at radius 1 is 0.962 bits per heavy atom. The van der Waals surface area contributed by atoms with E-state index in [0.717, 1.165) is 48.3 Å². The molecular formula is C25H31F. The van der Waals surface area contributed by atoms with Gasteiger partial charge in [-0.1, -0.05) is 61.9 Å². The molecule has 0 saturated heterocycles. The van der Waals surface area contributed by atoms with Crippen LogP contribution in [0.5, 0.6) is 0 Å². The highest BCUT2D eigenvalue weighted by molar-refractivity contribution is 5.64. The summed E-state index contributed by atoms with van der Waals surface area (Å²) in [5.41, 5.74) is 4.33. The van der Waals surface area contributed by atoms with E-state index >= 15 is 0 Å². The summed E-state index contributed by atoms with van der Waals surface area (Å²) in [6.07, 6.45) is 12.4. The van der Waals surface area contributed by atoms with Crippen LogP contribution in [0.1, 0.15) is 69.4 Å². The Morgan fingerprint density at radius 2 is 1.65 bits per heavy atom. The van der Waals surface area contributed by atoms with Crippen LogP contribution in [0.15, 0.2) is 54.6 Å². The van der Waals surface area contributed by atoms with Gasteiger partial charge in [-0.3, -0.25) is 0 Å². The van der Waals surface area contributed by atoms with E-state index in [-0.39, 0.29) is 5.82 Å². The highest BCUT2D eigenvalue weighted by Crippen LogP contribution is 2.38. The molecule has 2 aromatic rings. The van der Waals surface area contributed by atoms with Gasteiger partial charge in [0, 0.05) is 0 Å². The second-order valence-corrected chi connectivity index (χ2v) is 7.67. The zero-order valence-corrected chi connectivity index (χ0v) is 16.2. The quantitative estimate of drug-likeness (QED) is 0.468. The van der Waals surface area contributed by atoms with Gasteiger partial charge < -0.3 is 0 Å². The number of benzene rings is 2. The maximum Gasteiger partial charge on any atom is 0.127 e. The van der Waals surface area contributed by atoms with Gasteiger partial charge in [-0.05, 0) is 85.6 Å². The number of allylic oxidation sites excluding steroid dienone is 2. The zero-order valence-electron chi connectivity index (χ0n) is 16.2. The second-order valence-electron chi connectivity index (χ2n) is 7.67. The van der Waals surface area contributed by atoms with Gasteiger partial charge in [0.2, 0.25) is 0 Å². The van der Waals surface area contributed by atoms with Crippen LogP contribution in [0, 0.1) is 11.7 Å². The predicted octanol–water partition coefficient (Wildman–Crippen LogP) is 7.69. The standard InChI is InChI=1S/C25H31F/c1-3-5-6-7-20-10-12-21(13-11-20)23-16-17-24(25(26)18-23)22-14-8-19(4-2)9-15-22/h3,5,10-13,16-19,22H,4,6-9,14-15H2,1-2H3/b5-3+. The van der Waals surface area contributed by atoms with E-state index in [1.807, 2.05) is 6.07 Å². The van der Waals surface area contributed by atoms with E-state index in [0.29, 0.717) is 5.92 Å². The highest BCUT2D eigenvalue weighted by atomic mass is 19.1. The molecule has 0 unspecified atom stereocenters. The molecule has 0 amide bonds. The van der Waals surface area contributed by atoms with Crippen molar-refractivity contribution in [3.63, 3.8) is 0 Å². The average molecular weight is 351 g/mol. The zero-order chi connectivity index (χ0) is 18.4. The first-order valence-electron chi connectivity index (χ1n) is 10.2. The third-order valence-electron chi connectivity index (χ3n) is 5.99. The molecule has 0 aromatic heterocycles. The Kier molecular flexibility index (Phi) is 6.66. The minimum absolute atomic E-state index is 0.0281. The van der Waals surface area contributed by atoms with Crippen molar-refractivity contribution in [3.05, 3.63) is 71.6 Å². The van der Waals surface area contributed by atoms with Crippen LogP contribution in [-0.2, 0) is 6.42 Å². The van der Waals surface area contributed by atoms with Crippen LogP contribution in [-0.4, -0.2) is 0 Å². The normalized spacial score (nSPS) is 20.6. The molecule has 0 atom stereocenters. The van der Waals surface area contributed by atoms with Crippen LogP contribution in [0.4, 0.5) is 4.39 Å². The largest absolute Gasteiger partial charge is 0.207 e. The number of halogens is 1. The molecule has 0 radical (unpaired) electrons. The van der Waals surface area contributed by atoms with E-state index in [9.17, 15) is 4.39 Å². The van der Waals surface area contributed by atoms with Crippen molar-refractivity contribution in [2.24, 2.45) is 5.92 Å². The monoisotopic (exact) mass is 350 g/mol. The predicted molar refractivity (Wildman–Crippen MR) is 110 cm³/mol. The van der Waals surface area contributed by atoms with Crippen molar-refractivity contribution in [2.45, 2.75) is 64.7 Å². The van der Waals surface area contributed by atoms with Gasteiger partial charge in [-0.15, -0.1) is 0 Å². The summed E-state index contributed by atoms with van der Waals surface area (Å²) < 4.78 is 14.8. The minimum atomic E-state index is -0.0281. The van der Waals surface area contributed by atoms with Gasteiger partial charge >= 0.3 is 0 Å². The molecule has 0 bridgehead atoms. The lowest BCUT2D eigenvalue weighted by Gasteiger charge is -2.28. The van der Waals surface area contributed by atoms with Crippen molar-refractivity contribution < 1.29 is 4.39 Å². The molecule has 0 nitrogen and oxygen atoms in total. The molecule has 1 aliphatic carbocycles. The lowest BCUT2D eigenvalue weighted by atomic mass is 9.77. The molecule has 0 aliphatic heterocycles. The Morgan fingerprint density at radius 3 is 2.27 bits per heavy atom. The van der Waals surface area contributed by atoms with Crippen molar-refractivity contribution in [1.29, 1.82) is 0 Å². The van der Waals surface area contributed by atoms with Gasteiger partial charge in [0.15, 0.2) is 0 Å². The molecule has 0 spiro atoms. The van der Waals surface area contributed by atoms with E-state index < -0.39 is 0 Å². The molecular weight excluding hydrogens is 319 g/mol. The van der Waals surface area contributed by atoms with Crippen molar-refractivity contribution >= 4 is 0 Å². The first-order chi connectivity index (χ1) is 12.7. The lowest BCUT2D eigenvalue weighted by Crippen LogP contribution is -2.13. The second kappa shape index (κ2) is 9.16. The third-order valence-corrected chi connectivity index (χ3v) is 5.99. The molecule has 0 N–H and O–H groups in total. The molecule has 1 fully saturated rings. The van der Waals surface area contributed by atoms with Crippen LogP contribution in [0.2, 0.25) is 0 Å². The van der Waals surface area contributed by atoms with Crippen molar-refractivity contribution in [1.82, 2.24) is 0 Å². The first-order valence-corrected chi connectivity index (χ1v) is 10.2. The summed E-state index contributed by atoms with van der Waals surface area (Å²) in [6, 6.07) is 14.4. The number of hydrogen-bond donors (Lipinski definition) is 0. The molecule has 1 saturated carbocycles.